The van der Waals surface area contributed by atoms with E-state index in [1.54, 1.807) is 54.6 Å². The number of nitrogens with one attached hydrogen (secondary N) is 3. The fourth-order valence-corrected chi connectivity index (χ4v) is 3.54. The van der Waals surface area contributed by atoms with Crippen LogP contribution in [0.4, 0.5) is 0 Å². The van der Waals surface area contributed by atoms with Crippen LogP contribution in [0, 0.1) is 0 Å². The van der Waals surface area contributed by atoms with Crippen molar-refractivity contribution in [2.45, 2.75) is 6.42 Å². The van der Waals surface area contributed by atoms with Gasteiger partial charge in [-0.1, -0.05) is 60.1 Å². The summed E-state index contributed by atoms with van der Waals surface area (Å²) in [5.74, 6) is -0.707. The third-order valence-corrected chi connectivity index (χ3v) is 5.32. The summed E-state index contributed by atoms with van der Waals surface area (Å²) in [6.07, 6.45) is 4.26. The summed E-state index contributed by atoms with van der Waals surface area (Å²) >= 11 is 5.96. The maximum atomic E-state index is 12.9. The lowest BCUT2D eigenvalue weighted by molar-refractivity contribution is -0.117. The van der Waals surface area contributed by atoms with Gasteiger partial charge in [-0.2, -0.15) is 0 Å². The monoisotopic (exact) mass is 443 g/mol. The minimum atomic E-state index is -0.357. The Morgan fingerprint density at radius 3 is 2.41 bits per heavy atom. The van der Waals surface area contributed by atoms with Crippen LogP contribution in [0.1, 0.15) is 21.5 Å². The van der Waals surface area contributed by atoms with Gasteiger partial charge < -0.3 is 15.6 Å². The summed E-state index contributed by atoms with van der Waals surface area (Å²) in [4.78, 5) is 28.8. The zero-order chi connectivity index (χ0) is 22.3. The van der Waals surface area contributed by atoms with E-state index >= 15 is 0 Å². The molecule has 0 aliphatic rings. The van der Waals surface area contributed by atoms with Crippen LogP contribution in [0.3, 0.4) is 0 Å². The fraction of sp³-hybridized carbons (Fsp3) is 0.0769. The second kappa shape index (κ2) is 9.98. The highest BCUT2D eigenvalue weighted by molar-refractivity contribution is 6.30. The third kappa shape index (κ3) is 5.25. The molecule has 1 heterocycles. The van der Waals surface area contributed by atoms with Crippen LogP contribution >= 0.6 is 11.6 Å². The van der Waals surface area contributed by atoms with E-state index in [-0.39, 0.29) is 17.5 Å². The molecule has 3 aromatic carbocycles. The summed E-state index contributed by atoms with van der Waals surface area (Å²) in [6.45, 7) is 0.430. The van der Waals surface area contributed by atoms with Gasteiger partial charge in [0.05, 0.1) is 0 Å². The van der Waals surface area contributed by atoms with E-state index in [0.717, 1.165) is 22.0 Å². The normalized spacial score (nSPS) is 11.3. The molecule has 0 radical (unpaired) electrons. The summed E-state index contributed by atoms with van der Waals surface area (Å²) in [5.41, 5.74) is 3.58. The van der Waals surface area contributed by atoms with Gasteiger partial charge in [-0.05, 0) is 54.0 Å². The number of carbonyl (C=O) groups is 2. The number of aromatic amines is 1. The Morgan fingerprint density at radius 1 is 0.906 bits per heavy atom. The number of hydrogen-bond acceptors (Lipinski definition) is 2. The Morgan fingerprint density at radius 2 is 1.62 bits per heavy atom. The van der Waals surface area contributed by atoms with E-state index in [1.807, 2.05) is 30.5 Å². The molecule has 0 saturated heterocycles. The van der Waals surface area contributed by atoms with Gasteiger partial charge in [-0.25, -0.2) is 0 Å². The van der Waals surface area contributed by atoms with Crippen molar-refractivity contribution in [2.75, 3.05) is 6.54 Å². The molecule has 2 amide bonds. The van der Waals surface area contributed by atoms with Gasteiger partial charge in [-0.3, -0.25) is 9.59 Å². The number of rotatable bonds is 7. The van der Waals surface area contributed by atoms with Crippen molar-refractivity contribution in [1.29, 1.82) is 0 Å². The van der Waals surface area contributed by atoms with Gasteiger partial charge in [0, 0.05) is 34.2 Å². The molecule has 0 fully saturated rings. The standard InChI is InChI=1S/C26H22ClN3O2/c27-21-12-10-18(11-13-21)16-24(30-25(31)19-6-2-1-3-7-19)26(32)28-15-14-20-17-29-23-9-5-4-8-22(20)23/h1-13,16-17,29H,14-15H2,(H,28,32)(H,30,31)/b24-16-. The van der Waals surface area contributed by atoms with E-state index in [4.69, 9.17) is 11.6 Å². The van der Waals surface area contributed by atoms with Crippen LogP contribution in [0.2, 0.25) is 5.02 Å². The fourth-order valence-electron chi connectivity index (χ4n) is 3.41. The highest BCUT2D eigenvalue weighted by atomic mass is 35.5. The molecule has 5 nitrogen and oxygen atoms in total. The van der Waals surface area contributed by atoms with Crippen LogP contribution in [0.25, 0.3) is 17.0 Å². The number of benzene rings is 3. The predicted molar refractivity (Wildman–Crippen MR) is 128 cm³/mol. The molecular weight excluding hydrogens is 422 g/mol. The van der Waals surface area contributed by atoms with E-state index in [1.165, 1.54) is 0 Å². The molecule has 1 aromatic heterocycles. The molecular formula is C26H22ClN3O2. The van der Waals surface area contributed by atoms with E-state index in [2.05, 4.69) is 21.7 Å². The molecule has 0 aliphatic heterocycles. The Bertz CT molecular complexity index is 1260. The number of aromatic nitrogens is 1. The third-order valence-electron chi connectivity index (χ3n) is 5.06. The average Bonchev–Trinajstić information content (AvgIpc) is 3.23. The number of halogens is 1. The molecule has 0 unspecified atom stereocenters. The van der Waals surface area contributed by atoms with Crippen molar-refractivity contribution >= 4 is 40.4 Å². The molecule has 160 valence electrons. The quantitative estimate of drug-likeness (QED) is 0.353. The number of H-pyrrole nitrogens is 1. The number of amides is 2. The first-order valence-corrected chi connectivity index (χ1v) is 10.6. The molecule has 0 atom stereocenters. The first kappa shape index (κ1) is 21.4. The molecule has 0 bridgehead atoms. The van der Waals surface area contributed by atoms with Crippen LogP contribution in [-0.4, -0.2) is 23.3 Å². The number of para-hydroxylation sites is 1. The molecule has 6 heteroatoms. The van der Waals surface area contributed by atoms with Crippen LogP contribution in [0.15, 0.2) is 90.8 Å². The highest BCUT2D eigenvalue weighted by Crippen LogP contribution is 2.18. The molecule has 4 rings (SSSR count). The van der Waals surface area contributed by atoms with Crippen molar-refractivity contribution < 1.29 is 9.59 Å². The molecule has 0 saturated carbocycles. The minimum absolute atomic E-state index is 0.167. The van der Waals surface area contributed by atoms with Gasteiger partial charge in [0.1, 0.15) is 5.70 Å². The van der Waals surface area contributed by atoms with Gasteiger partial charge in [0.25, 0.3) is 11.8 Å². The molecule has 3 N–H and O–H groups in total. The topological polar surface area (TPSA) is 74.0 Å². The molecule has 4 aromatic rings. The molecule has 32 heavy (non-hydrogen) atoms. The maximum Gasteiger partial charge on any atom is 0.267 e. The number of hydrogen-bond donors (Lipinski definition) is 3. The highest BCUT2D eigenvalue weighted by Gasteiger charge is 2.15. The van der Waals surface area contributed by atoms with E-state index < -0.39 is 0 Å². The van der Waals surface area contributed by atoms with E-state index in [0.29, 0.717) is 23.6 Å². The van der Waals surface area contributed by atoms with Gasteiger partial charge in [-0.15, -0.1) is 0 Å². The Balaban J connectivity index is 1.48. The van der Waals surface area contributed by atoms with Crippen molar-refractivity contribution in [2.24, 2.45) is 0 Å². The van der Waals surface area contributed by atoms with Crippen LogP contribution in [0.5, 0.6) is 0 Å². The van der Waals surface area contributed by atoms with Gasteiger partial charge in [0.2, 0.25) is 0 Å². The second-order valence-electron chi connectivity index (χ2n) is 7.30. The van der Waals surface area contributed by atoms with Gasteiger partial charge >= 0.3 is 0 Å². The lowest BCUT2D eigenvalue weighted by Gasteiger charge is -2.11. The lowest BCUT2D eigenvalue weighted by atomic mass is 10.1. The Kier molecular flexibility index (Phi) is 6.68. The van der Waals surface area contributed by atoms with Gasteiger partial charge in [0.15, 0.2) is 0 Å². The first-order chi connectivity index (χ1) is 15.6. The van der Waals surface area contributed by atoms with E-state index in [9.17, 15) is 9.59 Å². The Hall–Kier alpha value is -3.83. The number of carbonyl (C=O) groups excluding carboxylic acids is 2. The van der Waals surface area contributed by atoms with Crippen LogP contribution in [-0.2, 0) is 11.2 Å². The second-order valence-corrected chi connectivity index (χ2v) is 7.73. The molecule has 0 aliphatic carbocycles. The lowest BCUT2D eigenvalue weighted by Crippen LogP contribution is -2.35. The zero-order valence-corrected chi connectivity index (χ0v) is 18.0. The zero-order valence-electron chi connectivity index (χ0n) is 17.3. The average molecular weight is 444 g/mol. The van der Waals surface area contributed by atoms with Crippen molar-refractivity contribution in [1.82, 2.24) is 15.6 Å². The smallest absolute Gasteiger partial charge is 0.267 e. The summed E-state index contributed by atoms with van der Waals surface area (Å²) in [6, 6.07) is 23.9. The predicted octanol–water partition coefficient (Wildman–Crippen LogP) is 4.95. The minimum Gasteiger partial charge on any atom is -0.361 e. The number of fused-ring (bicyclic) bond motifs is 1. The summed E-state index contributed by atoms with van der Waals surface area (Å²) in [5, 5.41) is 7.39. The molecule has 0 spiro atoms. The van der Waals surface area contributed by atoms with Crippen molar-refractivity contribution in [3.8, 4) is 0 Å². The Labute approximate surface area is 191 Å². The van der Waals surface area contributed by atoms with Crippen molar-refractivity contribution in [3.05, 3.63) is 112 Å². The largest absolute Gasteiger partial charge is 0.361 e. The maximum absolute atomic E-state index is 12.9. The van der Waals surface area contributed by atoms with Crippen LogP contribution < -0.4 is 10.6 Å². The first-order valence-electron chi connectivity index (χ1n) is 10.3. The van der Waals surface area contributed by atoms with Crippen molar-refractivity contribution in [3.63, 3.8) is 0 Å². The summed E-state index contributed by atoms with van der Waals surface area (Å²) in [7, 11) is 0. The SMILES string of the molecule is O=C(NCCc1c[nH]c2ccccc12)/C(=C/c1ccc(Cl)cc1)NC(=O)c1ccccc1. The summed E-state index contributed by atoms with van der Waals surface area (Å²) < 4.78 is 0.